The van der Waals surface area contributed by atoms with Crippen LogP contribution in [-0.2, 0) is 0 Å². The van der Waals surface area contributed by atoms with E-state index < -0.39 is 0 Å². The van der Waals surface area contributed by atoms with Crippen LogP contribution in [0.15, 0.2) is 133 Å². The van der Waals surface area contributed by atoms with E-state index in [1.807, 2.05) is 91.1 Å². The lowest BCUT2D eigenvalue weighted by Gasteiger charge is -2.08. The van der Waals surface area contributed by atoms with E-state index in [0.717, 1.165) is 60.8 Å². The van der Waals surface area contributed by atoms with Crippen LogP contribution >= 0.6 is 0 Å². The van der Waals surface area contributed by atoms with E-state index in [4.69, 9.17) is 15.6 Å². The van der Waals surface area contributed by atoms with Crippen LogP contribution in [-0.4, -0.2) is 10.3 Å². The highest BCUT2D eigenvalue weighted by atomic mass is 16.3. The number of nitrogens with zero attached hydrogens (tertiary/aromatic N) is 2. The summed E-state index contributed by atoms with van der Waals surface area (Å²) in [5, 5.41) is 20.9. The molecule has 41 heavy (non-hydrogen) atoms. The van der Waals surface area contributed by atoms with Gasteiger partial charge in [-0.05, 0) is 89.5 Å². The molecule has 0 aliphatic carbocycles. The fourth-order valence-electron chi connectivity index (χ4n) is 5.13. The molecular formula is C36H26N4O. The molecule has 0 aliphatic heterocycles. The minimum atomic E-state index is 0.301. The monoisotopic (exact) mass is 530 g/mol. The van der Waals surface area contributed by atoms with Gasteiger partial charge in [-0.1, -0.05) is 49.6 Å². The number of aromatic nitrogens is 1. The van der Waals surface area contributed by atoms with Crippen LogP contribution in [0.5, 0.6) is 0 Å². The average molecular weight is 531 g/mol. The SMILES string of the molecule is C=C/C=C(\C=C)c1cccc(/C(N)=C/C(=N)c2ccc3oc4ccc(-n5ccc6cc(C#N)ccc65)cc4c3c2)c1. The van der Waals surface area contributed by atoms with Crippen molar-refractivity contribution in [3.05, 3.63) is 151 Å². The van der Waals surface area contributed by atoms with Crippen molar-refractivity contribution < 1.29 is 4.42 Å². The summed E-state index contributed by atoms with van der Waals surface area (Å²) in [6.45, 7) is 7.65. The molecule has 2 aromatic heterocycles. The van der Waals surface area contributed by atoms with Crippen LogP contribution in [0, 0.1) is 16.7 Å². The molecule has 0 spiro atoms. The van der Waals surface area contributed by atoms with Crippen molar-refractivity contribution in [3.8, 4) is 11.8 Å². The lowest BCUT2D eigenvalue weighted by Crippen LogP contribution is -2.03. The Morgan fingerprint density at radius 1 is 0.878 bits per heavy atom. The van der Waals surface area contributed by atoms with Gasteiger partial charge in [0.05, 0.1) is 22.9 Å². The highest BCUT2D eigenvalue weighted by Gasteiger charge is 2.12. The van der Waals surface area contributed by atoms with Gasteiger partial charge in [-0.2, -0.15) is 5.26 Å². The number of nitrogens with one attached hydrogen (secondary N) is 1. The van der Waals surface area contributed by atoms with Crippen LogP contribution in [0.1, 0.15) is 22.3 Å². The van der Waals surface area contributed by atoms with Crippen LogP contribution in [0.25, 0.3) is 49.8 Å². The molecule has 196 valence electrons. The predicted molar refractivity (Wildman–Crippen MR) is 169 cm³/mol. The van der Waals surface area contributed by atoms with Gasteiger partial charge in [-0.25, -0.2) is 0 Å². The van der Waals surface area contributed by atoms with Crippen molar-refractivity contribution in [1.29, 1.82) is 10.7 Å². The first kappa shape index (κ1) is 25.4. The molecule has 6 aromatic rings. The van der Waals surface area contributed by atoms with Gasteiger partial charge in [0.2, 0.25) is 0 Å². The summed E-state index contributed by atoms with van der Waals surface area (Å²) in [6.07, 6.45) is 9.09. The topological polar surface area (TPSA) is 91.7 Å². The molecule has 0 unspecified atom stereocenters. The normalized spacial score (nSPS) is 12.1. The van der Waals surface area contributed by atoms with Gasteiger partial charge >= 0.3 is 0 Å². The predicted octanol–water partition coefficient (Wildman–Crippen LogP) is 8.52. The maximum Gasteiger partial charge on any atom is 0.135 e. The van der Waals surface area contributed by atoms with E-state index in [2.05, 4.69) is 29.9 Å². The van der Waals surface area contributed by atoms with E-state index in [0.29, 0.717) is 17.0 Å². The summed E-state index contributed by atoms with van der Waals surface area (Å²) in [5.41, 5.74) is 14.9. The fourth-order valence-corrected chi connectivity index (χ4v) is 5.13. The molecule has 0 aliphatic rings. The summed E-state index contributed by atoms with van der Waals surface area (Å²) in [5.74, 6) is 0. The first-order chi connectivity index (χ1) is 20.0. The first-order valence-electron chi connectivity index (χ1n) is 13.1. The van der Waals surface area contributed by atoms with Gasteiger partial charge in [0.25, 0.3) is 0 Å². The minimum absolute atomic E-state index is 0.301. The lowest BCUT2D eigenvalue weighted by molar-refractivity contribution is 0.669. The van der Waals surface area contributed by atoms with E-state index in [-0.39, 0.29) is 0 Å². The van der Waals surface area contributed by atoms with Gasteiger partial charge in [0.1, 0.15) is 11.2 Å². The third-order valence-corrected chi connectivity index (χ3v) is 7.21. The standard InChI is InChI=1S/C36H26N4O/c1-3-6-24(4-2)25-7-5-8-26(18-25)32(38)21-33(39)27-10-13-35-30(19-27)31-20-29(11-14-36(31)41-35)40-16-15-28-17-23(22-37)9-12-34(28)40/h3-21,39H,1-2,38H2/b24-6+,32-21-,39-33?. The second-order valence-corrected chi connectivity index (χ2v) is 9.72. The maximum atomic E-state index is 9.24. The zero-order valence-electron chi connectivity index (χ0n) is 22.3. The zero-order valence-corrected chi connectivity index (χ0v) is 22.3. The number of hydrogen-bond acceptors (Lipinski definition) is 4. The molecule has 0 saturated carbocycles. The van der Waals surface area contributed by atoms with Crippen molar-refractivity contribution in [3.63, 3.8) is 0 Å². The van der Waals surface area contributed by atoms with Gasteiger partial charge in [-0.15, -0.1) is 0 Å². The van der Waals surface area contributed by atoms with Crippen molar-refractivity contribution in [2.45, 2.75) is 0 Å². The largest absolute Gasteiger partial charge is 0.456 e. The molecule has 4 aromatic carbocycles. The van der Waals surface area contributed by atoms with Gasteiger partial charge in [0.15, 0.2) is 0 Å². The molecule has 5 nitrogen and oxygen atoms in total. The van der Waals surface area contributed by atoms with Crippen molar-refractivity contribution in [1.82, 2.24) is 4.57 Å². The number of furan rings is 1. The summed E-state index contributed by atoms with van der Waals surface area (Å²) in [7, 11) is 0. The smallest absolute Gasteiger partial charge is 0.135 e. The Bertz CT molecular complexity index is 2130. The molecular weight excluding hydrogens is 504 g/mol. The molecule has 0 amide bonds. The van der Waals surface area contributed by atoms with Gasteiger partial charge < -0.3 is 20.1 Å². The highest BCUT2D eigenvalue weighted by Crippen LogP contribution is 2.32. The molecule has 3 N–H and O–H groups in total. The van der Waals surface area contributed by atoms with Crippen molar-refractivity contribution >= 4 is 49.8 Å². The highest BCUT2D eigenvalue weighted by molar-refractivity contribution is 6.14. The Balaban J connectivity index is 1.36. The number of allylic oxidation sites excluding steroid dienone is 5. The number of nitriles is 1. The van der Waals surface area contributed by atoms with Crippen LogP contribution < -0.4 is 5.73 Å². The van der Waals surface area contributed by atoms with E-state index in [1.165, 1.54) is 0 Å². The molecule has 0 atom stereocenters. The van der Waals surface area contributed by atoms with Crippen LogP contribution in [0.4, 0.5) is 0 Å². The fraction of sp³-hybridized carbons (Fsp3) is 0. The Morgan fingerprint density at radius 3 is 2.44 bits per heavy atom. The number of rotatable bonds is 7. The Hall–Kier alpha value is -5.86. The quantitative estimate of drug-likeness (QED) is 0.160. The summed E-state index contributed by atoms with van der Waals surface area (Å²) in [4.78, 5) is 0. The van der Waals surface area contributed by atoms with Gasteiger partial charge in [0, 0.05) is 39.3 Å². The molecule has 5 heteroatoms. The van der Waals surface area contributed by atoms with Crippen LogP contribution in [0.2, 0.25) is 0 Å². The maximum absolute atomic E-state index is 9.24. The first-order valence-corrected chi connectivity index (χ1v) is 13.1. The molecule has 0 radical (unpaired) electrons. The van der Waals surface area contributed by atoms with E-state index in [9.17, 15) is 5.26 Å². The van der Waals surface area contributed by atoms with Gasteiger partial charge in [-0.3, -0.25) is 0 Å². The van der Waals surface area contributed by atoms with Crippen molar-refractivity contribution in [2.75, 3.05) is 0 Å². The second kappa shape index (κ2) is 10.4. The van der Waals surface area contributed by atoms with E-state index in [1.54, 1.807) is 18.2 Å². The molecule has 0 saturated heterocycles. The summed E-state index contributed by atoms with van der Waals surface area (Å²) >= 11 is 0. The lowest BCUT2D eigenvalue weighted by atomic mass is 10.00. The third kappa shape index (κ3) is 4.64. The summed E-state index contributed by atoms with van der Waals surface area (Å²) < 4.78 is 8.21. The second-order valence-electron chi connectivity index (χ2n) is 9.72. The number of benzene rings is 4. The molecule has 2 heterocycles. The number of nitrogens with two attached hydrogens (primary N) is 1. The van der Waals surface area contributed by atoms with Crippen molar-refractivity contribution in [2.24, 2.45) is 5.73 Å². The molecule has 6 rings (SSSR count). The Labute approximate surface area is 237 Å². The number of hydrogen-bond donors (Lipinski definition) is 2. The van der Waals surface area contributed by atoms with E-state index >= 15 is 0 Å². The van der Waals surface area contributed by atoms with Crippen LogP contribution in [0.3, 0.4) is 0 Å². The molecule has 0 bridgehead atoms. The minimum Gasteiger partial charge on any atom is -0.456 e. The Morgan fingerprint density at radius 2 is 1.66 bits per heavy atom. The number of fused-ring (bicyclic) bond motifs is 4. The molecule has 0 fully saturated rings. The zero-order chi connectivity index (χ0) is 28.5. The summed E-state index contributed by atoms with van der Waals surface area (Å²) in [6, 6.07) is 29.6. The average Bonchev–Trinajstić information content (AvgIpc) is 3.60. The third-order valence-electron chi connectivity index (χ3n) is 7.21. The Kier molecular flexibility index (Phi) is 6.43.